The molecule has 2 aromatic rings. The second-order valence-electron chi connectivity index (χ2n) is 6.43. The minimum Gasteiger partial charge on any atom is -0.392 e. The third-order valence-corrected chi connectivity index (χ3v) is 4.73. The molecule has 116 valence electrons. The number of hydrogen-bond donors (Lipinski definition) is 2. The van der Waals surface area contributed by atoms with Gasteiger partial charge in [-0.05, 0) is 30.2 Å². The fraction of sp³-hybridized carbons (Fsp3) is 0.368. The van der Waals surface area contributed by atoms with Crippen LogP contribution in [0.5, 0.6) is 0 Å². The minimum absolute atomic E-state index is 0.195. The summed E-state index contributed by atoms with van der Waals surface area (Å²) < 4.78 is 0. The van der Waals surface area contributed by atoms with Crippen molar-refractivity contribution in [3.8, 4) is 0 Å². The lowest BCUT2D eigenvalue weighted by atomic mass is 9.63. The first-order chi connectivity index (χ1) is 10.5. The van der Waals surface area contributed by atoms with E-state index in [1.54, 1.807) is 0 Å². The molecule has 0 aromatic heterocycles. The Labute approximate surface area is 131 Å². The van der Waals surface area contributed by atoms with Crippen LogP contribution in [0.3, 0.4) is 0 Å². The molecular weight excluding hydrogens is 274 g/mol. The van der Waals surface area contributed by atoms with E-state index in [0.717, 1.165) is 16.8 Å². The summed E-state index contributed by atoms with van der Waals surface area (Å²) in [5.74, 6) is -0.401. The lowest BCUT2D eigenvalue weighted by Crippen LogP contribution is -2.51. The van der Waals surface area contributed by atoms with Gasteiger partial charge in [-0.25, -0.2) is 0 Å². The van der Waals surface area contributed by atoms with Crippen molar-refractivity contribution in [3.05, 3.63) is 65.2 Å². The molecule has 0 radical (unpaired) electrons. The number of aliphatic hydroxyl groups excluding tert-OH is 2. The zero-order valence-electron chi connectivity index (χ0n) is 13.3. The Hall–Kier alpha value is -1.84. The number of nitrogens with zero attached hydrogens (tertiary/aromatic N) is 1. The van der Waals surface area contributed by atoms with E-state index in [9.17, 15) is 10.2 Å². The van der Waals surface area contributed by atoms with E-state index in [1.165, 1.54) is 5.56 Å². The first-order valence-corrected chi connectivity index (χ1v) is 7.69. The fourth-order valence-corrected chi connectivity index (χ4v) is 3.28. The summed E-state index contributed by atoms with van der Waals surface area (Å²) in [5.41, 5.74) is 4.30. The maximum absolute atomic E-state index is 10.5. The molecule has 1 aliphatic rings. The Balaban J connectivity index is 1.79. The molecular formula is C19H23NO2. The van der Waals surface area contributed by atoms with E-state index >= 15 is 0 Å². The quantitative estimate of drug-likeness (QED) is 0.915. The first kappa shape index (κ1) is 15.1. The zero-order chi connectivity index (χ0) is 15.9. The third-order valence-electron chi connectivity index (χ3n) is 4.73. The monoisotopic (exact) mass is 297 g/mol. The van der Waals surface area contributed by atoms with Crippen LogP contribution in [-0.2, 0) is 0 Å². The first-order valence-electron chi connectivity index (χ1n) is 7.69. The van der Waals surface area contributed by atoms with Gasteiger partial charge < -0.3 is 15.1 Å². The second kappa shape index (κ2) is 5.75. The van der Waals surface area contributed by atoms with Gasteiger partial charge in [-0.3, -0.25) is 0 Å². The molecule has 22 heavy (non-hydrogen) atoms. The van der Waals surface area contributed by atoms with Gasteiger partial charge in [0.25, 0.3) is 0 Å². The molecule has 3 rings (SSSR count). The molecule has 2 aromatic carbocycles. The highest BCUT2D eigenvalue weighted by Gasteiger charge is 2.50. The topological polar surface area (TPSA) is 43.7 Å². The highest BCUT2D eigenvalue weighted by Crippen LogP contribution is 2.48. The number of rotatable bonds is 3. The Bertz CT molecular complexity index is 623. The van der Waals surface area contributed by atoms with E-state index in [2.05, 4.69) is 0 Å². The normalized spacial score (nSPS) is 27.3. The van der Waals surface area contributed by atoms with Gasteiger partial charge >= 0.3 is 0 Å². The van der Waals surface area contributed by atoms with Gasteiger partial charge in [0.2, 0.25) is 0 Å². The summed E-state index contributed by atoms with van der Waals surface area (Å²) in [6.45, 7) is 2.03. The van der Waals surface area contributed by atoms with E-state index in [1.807, 2.05) is 74.4 Å². The predicted molar refractivity (Wildman–Crippen MR) is 89.4 cm³/mol. The number of benzene rings is 2. The van der Waals surface area contributed by atoms with Crippen LogP contribution in [0.25, 0.3) is 0 Å². The van der Waals surface area contributed by atoms with Crippen LogP contribution in [0.4, 0.5) is 5.69 Å². The Kier molecular flexibility index (Phi) is 3.94. The predicted octanol–water partition coefficient (Wildman–Crippen LogP) is 2.66. The average molecular weight is 297 g/mol. The van der Waals surface area contributed by atoms with Crippen molar-refractivity contribution < 1.29 is 10.2 Å². The molecule has 2 N–H and O–H groups in total. The Morgan fingerprint density at radius 2 is 1.14 bits per heavy atom. The van der Waals surface area contributed by atoms with Gasteiger partial charge in [0, 0.05) is 31.6 Å². The number of aryl methyl sites for hydroxylation is 1. The van der Waals surface area contributed by atoms with Gasteiger partial charge in [0.05, 0.1) is 12.2 Å². The summed E-state index contributed by atoms with van der Waals surface area (Å²) in [7, 11) is 3.99. The van der Waals surface area contributed by atoms with E-state index in [4.69, 9.17) is 0 Å². The lowest BCUT2D eigenvalue weighted by Gasteiger charge is -2.47. The smallest absolute Gasteiger partial charge is 0.0727 e. The van der Waals surface area contributed by atoms with Crippen LogP contribution < -0.4 is 4.90 Å². The summed E-state index contributed by atoms with van der Waals surface area (Å²) in [6, 6.07) is 16.1. The van der Waals surface area contributed by atoms with Gasteiger partial charge in [0.1, 0.15) is 0 Å². The zero-order valence-corrected chi connectivity index (χ0v) is 13.3. The Morgan fingerprint density at radius 1 is 0.727 bits per heavy atom. The van der Waals surface area contributed by atoms with Crippen LogP contribution in [0, 0.1) is 6.92 Å². The molecule has 1 aliphatic carbocycles. The second-order valence-corrected chi connectivity index (χ2v) is 6.43. The molecule has 2 atom stereocenters. The van der Waals surface area contributed by atoms with Crippen LogP contribution in [0.15, 0.2) is 48.5 Å². The van der Waals surface area contributed by atoms with Crippen molar-refractivity contribution >= 4 is 5.69 Å². The summed E-state index contributed by atoms with van der Waals surface area (Å²) in [6.07, 6.45) is -1.08. The van der Waals surface area contributed by atoms with Gasteiger partial charge in [-0.2, -0.15) is 0 Å². The van der Waals surface area contributed by atoms with Crippen molar-refractivity contribution in [3.63, 3.8) is 0 Å². The minimum atomic E-state index is -0.539. The van der Waals surface area contributed by atoms with E-state index in [0.29, 0.717) is 0 Å². The molecule has 3 nitrogen and oxygen atoms in total. The molecule has 0 amide bonds. The summed E-state index contributed by atoms with van der Waals surface area (Å²) in [5, 5.41) is 21.0. The van der Waals surface area contributed by atoms with E-state index in [-0.39, 0.29) is 11.8 Å². The highest BCUT2D eigenvalue weighted by molar-refractivity contribution is 5.48. The van der Waals surface area contributed by atoms with Gasteiger partial charge in [-0.1, -0.05) is 42.0 Å². The number of aliphatic hydroxyl groups is 2. The summed E-state index contributed by atoms with van der Waals surface area (Å²) in [4.78, 5) is 2.03. The molecule has 0 heterocycles. The Morgan fingerprint density at radius 3 is 1.55 bits per heavy atom. The maximum atomic E-state index is 10.5. The fourth-order valence-electron chi connectivity index (χ4n) is 3.28. The van der Waals surface area contributed by atoms with Crippen molar-refractivity contribution in [2.75, 3.05) is 19.0 Å². The summed E-state index contributed by atoms with van der Waals surface area (Å²) >= 11 is 0. The van der Waals surface area contributed by atoms with Crippen molar-refractivity contribution in [1.29, 1.82) is 0 Å². The maximum Gasteiger partial charge on any atom is 0.0727 e. The number of hydrogen-bond acceptors (Lipinski definition) is 3. The van der Waals surface area contributed by atoms with E-state index < -0.39 is 12.2 Å². The van der Waals surface area contributed by atoms with Gasteiger partial charge in [-0.15, -0.1) is 0 Å². The highest BCUT2D eigenvalue weighted by atomic mass is 16.3. The van der Waals surface area contributed by atoms with Crippen LogP contribution in [0.1, 0.15) is 28.5 Å². The molecule has 0 spiro atoms. The SMILES string of the molecule is Cc1ccc(C2C(O)C(c3ccc(N(C)C)cc3)C2O)cc1. The van der Waals surface area contributed by atoms with Crippen molar-refractivity contribution in [2.45, 2.75) is 31.0 Å². The molecule has 0 aliphatic heterocycles. The van der Waals surface area contributed by atoms with Crippen molar-refractivity contribution in [2.24, 2.45) is 0 Å². The molecule has 0 bridgehead atoms. The molecule has 1 saturated carbocycles. The molecule has 3 heteroatoms. The van der Waals surface area contributed by atoms with Crippen molar-refractivity contribution in [1.82, 2.24) is 0 Å². The van der Waals surface area contributed by atoms with Crippen LogP contribution >= 0.6 is 0 Å². The molecule has 1 fully saturated rings. The van der Waals surface area contributed by atoms with Gasteiger partial charge in [0.15, 0.2) is 0 Å². The van der Waals surface area contributed by atoms with Crippen LogP contribution in [-0.4, -0.2) is 36.5 Å². The number of anilines is 1. The largest absolute Gasteiger partial charge is 0.392 e. The molecule has 2 unspecified atom stereocenters. The molecule has 0 saturated heterocycles. The third kappa shape index (κ3) is 2.51. The lowest BCUT2D eigenvalue weighted by molar-refractivity contribution is -0.0785. The standard InChI is InChI=1S/C19H23NO2/c1-12-4-6-13(7-5-12)16-18(21)17(19(16)22)14-8-10-15(11-9-14)20(2)3/h4-11,16-19,21-22H,1-3H3. The van der Waals surface area contributed by atoms with Crippen LogP contribution in [0.2, 0.25) is 0 Å². The average Bonchev–Trinajstić information content (AvgIpc) is 2.50.